The highest BCUT2D eigenvalue weighted by atomic mass is 15.0. The average Bonchev–Trinajstić information content (AvgIpc) is 3.87. The Morgan fingerprint density at radius 3 is 1.22 bits per heavy atom. The fourth-order valence-corrected chi connectivity index (χ4v) is 10.3. The summed E-state index contributed by atoms with van der Waals surface area (Å²) in [7, 11) is 0. The quantitative estimate of drug-likeness (QED) is 0.145. The molecule has 2 heteroatoms. The van der Waals surface area contributed by atoms with E-state index < -0.39 is 0 Å². The molecule has 0 fully saturated rings. The number of hydrogen-bond donors (Lipinski definition) is 0. The summed E-state index contributed by atoms with van der Waals surface area (Å²) in [6, 6.07) is 82.4. The molecular weight excluding hydrogens is 773 g/mol. The first kappa shape index (κ1) is 37.8. The molecule has 0 radical (unpaired) electrons. The normalized spacial score (nSPS) is 13.6. The maximum absolute atomic E-state index is 2.53. The minimum atomic E-state index is 0.354. The summed E-state index contributed by atoms with van der Waals surface area (Å²) in [6.07, 6.45) is 4.32. The van der Waals surface area contributed by atoms with Crippen molar-refractivity contribution >= 4 is 44.4 Å². The summed E-state index contributed by atoms with van der Waals surface area (Å²) in [5.74, 6) is 0.354. The van der Waals surface area contributed by atoms with Crippen molar-refractivity contribution in [2.45, 2.75) is 25.7 Å². The van der Waals surface area contributed by atoms with E-state index in [1.807, 2.05) is 0 Å². The summed E-state index contributed by atoms with van der Waals surface area (Å²) in [5, 5.41) is 3.82. The molecule has 1 aliphatic carbocycles. The van der Waals surface area contributed by atoms with Gasteiger partial charge in [-0.05, 0) is 135 Å². The van der Waals surface area contributed by atoms with E-state index in [1.165, 1.54) is 105 Å². The molecule has 0 aliphatic heterocycles. The van der Waals surface area contributed by atoms with Crippen LogP contribution in [0.2, 0.25) is 0 Å². The zero-order chi connectivity index (χ0) is 42.6. The van der Waals surface area contributed by atoms with Gasteiger partial charge in [-0.2, -0.15) is 0 Å². The number of allylic oxidation sites excluding steroid dienone is 1. The van der Waals surface area contributed by atoms with Gasteiger partial charge in [-0.3, -0.25) is 0 Å². The van der Waals surface area contributed by atoms with Crippen LogP contribution in [0.4, 0.5) is 0 Å². The van der Waals surface area contributed by atoms with E-state index in [4.69, 9.17) is 0 Å². The van der Waals surface area contributed by atoms with Crippen LogP contribution in [0.5, 0.6) is 0 Å². The van der Waals surface area contributed by atoms with Gasteiger partial charge in [0.2, 0.25) is 0 Å². The molecule has 2 heterocycles. The molecule has 1 aliphatic rings. The second-order valence-electron chi connectivity index (χ2n) is 17.4. The Morgan fingerprint density at radius 2 is 0.766 bits per heavy atom. The van der Waals surface area contributed by atoms with Crippen LogP contribution >= 0.6 is 0 Å². The van der Waals surface area contributed by atoms with Gasteiger partial charge in [0.15, 0.2) is 0 Å². The Kier molecular flexibility index (Phi) is 9.30. The van der Waals surface area contributed by atoms with E-state index in [2.05, 4.69) is 247 Å². The van der Waals surface area contributed by atoms with Crippen molar-refractivity contribution in [3.63, 3.8) is 0 Å². The van der Waals surface area contributed by atoms with Crippen molar-refractivity contribution in [3.8, 4) is 44.8 Å². The van der Waals surface area contributed by atoms with Gasteiger partial charge in [-0.1, -0.05) is 171 Å². The number of aromatic nitrogens is 2. The first-order valence-electron chi connectivity index (χ1n) is 22.5. The van der Waals surface area contributed by atoms with Gasteiger partial charge in [0.1, 0.15) is 0 Å². The van der Waals surface area contributed by atoms with E-state index in [1.54, 1.807) is 0 Å². The molecule has 304 valence electrons. The summed E-state index contributed by atoms with van der Waals surface area (Å²) in [6.45, 7) is 2.39. The second kappa shape index (κ2) is 15.8. The van der Waals surface area contributed by atoms with Gasteiger partial charge in [-0.15, -0.1) is 0 Å². The van der Waals surface area contributed by atoms with E-state index in [9.17, 15) is 0 Å². The summed E-state index contributed by atoms with van der Waals surface area (Å²) >= 11 is 0. The molecular formula is C62H46N2. The fourth-order valence-electron chi connectivity index (χ4n) is 10.3. The molecule has 0 amide bonds. The highest BCUT2D eigenvalue weighted by molar-refractivity contribution is 6.11. The average molecular weight is 819 g/mol. The molecule has 1 unspecified atom stereocenters. The molecule has 2 aromatic heterocycles. The lowest BCUT2D eigenvalue weighted by Gasteiger charge is -2.24. The van der Waals surface area contributed by atoms with E-state index in [-0.39, 0.29) is 0 Å². The van der Waals surface area contributed by atoms with Crippen LogP contribution in [0.1, 0.15) is 47.2 Å². The van der Waals surface area contributed by atoms with Crippen LogP contribution in [0, 0.1) is 0 Å². The van der Waals surface area contributed by atoms with Crippen LogP contribution < -0.4 is 0 Å². The van der Waals surface area contributed by atoms with E-state index in [0.717, 1.165) is 18.5 Å². The number of hydrogen-bond acceptors (Lipinski definition) is 0. The highest BCUT2D eigenvalue weighted by Crippen LogP contribution is 2.45. The van der Waals surface area contributed by atoms with Gasteiger partial charge in [0.05, 0.1) is 16.6 Å². The topological polar surface area (TPSA) is 9.86 Å². The smallest absolute Gasteiger partial charge is 0.0541 e. The van der Waals surface area contributed by atoms with Crippen LogP contribution in [0.3, 0.4) is 0 Å². The SMILES string of the molecule is CC1CC(c2ccccc2)=Cc2c1n(-c1ccc(Cc3ccc(-n4c5ccc(-c6ccccc6)cc5c5cc(-c6ccccc6)ccc54)cc3)cc1)c1ccc(-c3ccccc3)cc21. The molecule has 64 heavy (non-hydrogen) atoms. The van der Waals surface area contributed by atoms with Gasteiger partial charge < -0.3 is 9.13 Å². The third kappa shape index (κ3) is 6.67. The van der Waals surface area contributed by atoms with E-state index in [0.29, 0.717) is 5.92 Å². The Morgan fingerprint density at radius 1 is 0.375 bits per heavy atom. The Bertz CT molecular complexity index is 3410. The van der Waals surface area contributed by atoms with Gasteiger partial charge in [0, 0.05) is 44.7 Å². The van der Waals surface area contributed by atoms with Crippen molar-refractivity contribution in [3.05, 3.63) is 252 Å². The van der Waals surface area contributed by atoms with Crippen LogP contribution in [-0.4, -0.2) is 9.13 Å². The molecule has 12 rings (SSSR count). The van der Waals surface area contributed by atoms with Gasteiger partial charge in [0.25, 0.3) is 0 Å². The molecule has 0 N–H and O–H groups in total. The van der Waals surface area contributed by atoms with Crippen molar-refractivity contribution in [1.29, 1.82) is 0 Å². The predicted molar refractivity (Wildman–Crippen MR) is 271 cm³/mol. The molecule has 0 spiro atoms. The standard InChI is InChI=1S/C62H46N2/c1-42-36-52(48-20-12-5-13-21-48)41-58-57-40-51(47-18-10-4-11-19-47)28-35-61(57)64(62(42)58)54-31-24-44(25-32-54)37-43-22-29-53(30-23-43)63-59-33-26-49(45-14-6-2-7-15-45)38-55(59)56-39-50(27-34-60(56)63)46-16-8-3-9-17-46/h2-35,38-42H,36-37H2,1H3. The molecule has 9 aromatic carbocycles. The zero-order valence-corrected chi connectivity index (χ0v) is 35.8. The first-order valence-corrected chi connectivity index (χ1v) is 22.5. The Balaban J connectivity index is 0.884. The van der Waals surface area contributed by atoms with Crippen LogP contribution in [0.25, 0.3) is 89.1 Å². The van der Waals surface area contributed by atoms with Gasteiger partial charge >= 0.3 is 0 Å². The molecule has 0 saturated carbocycles. The van der Waals surface area contributed by atoms with Crippen LogP contribution in [-0.2, 0) is 6.42 Å². The maximum atomic E-state index is 2.53. The number of rotatable bonds is 8. The van der Waals surface area contributed by atoms with Crippen molar-refractivity contribution in [2.24, 2.45) is 0 Å². The molecule has 1 atom stereocenters. The summed E-state index contributed by atoms with van der Waals surface area (Å²) in [4.78, 5) is 0. The van der Waals surface area contributed by atoms with Crippen molar-refractivity contribution in [2.75, 3.05) is 0 Å². The fraction of sp³-hybridized carbons (Fsp3) is 0.0645. The van der Waals surface area contributed by atoms with Crippen molar-refractivity contribution < 1.29 is 0 Å². The zero-order valence-electron chi connectivity index (χ0n) is 35.8. The number of nitrogens with zero attached hydrogens (tertiary/aromatic N) is 2. The van der Waals surface area contributed by atoms with E-state index >= 15 is 0 Å². The first-order chi connectivity index (χ1) is 31.6. The monoisotopic (exact) mass is 818 g/mol. The van der Waals surface area contributed by atoms with Crippen LogP contribution in [0.15, 0.2) is 224 Å². The summed E-state index contributed by atoms with van der Waals surface area (Å²) in [5.41, 5.74) is 21.5. The number of fused-ring (bicyclic) bond motifs is 6. The predicted octanol–water partition coefficient (Wildman–Crippen LogP) is 16.4. The number of benzene rings is 9. The lowest BCUT2D eigenvalue weighted by Crippen LogP contribution is -2.09. The Labute approximate surface area is 374 Å². The minimum absolute atomic E-state index is 0.354. The largest absolute Gasteiger partial charge is 0.313 e. The van der Waals surface area contributed by atoms with Crippen molar-refractivity contribution in [1.82, 2.24) is 9.13 Å². The Hall–Kier alpha value is -7.94. The molecule has 2 nitrogen and oxygen atoms in total. The maximum Gasteiger partial charge on any atom is 0.0541 e. The van der Waals surface area contributed by atoms with Gasteiger partial charge in [-0.25, -0.2) is 0 Å². The molecule has 0 saturated heterocycles. The lowest BCUT2D eigenvalue weighted by molar-refractivity contribution is 0.733. The second-order valence-corrected chi connectivity index (χ2v) is 17.4. The third-order valence-corrected chi connectivity index (χ3v) is 13.4. The minimum Gasteiger partial charge on any atom is -0.313 e. The highest BCUT2D eigenvalue weighted by Gasteiger charge is 2.27. The molecule has 11 aromatic rings. The lowest BCUT2D eigenvalue weighted by atomic mass is 9.84. The summed E-state index contributed by atoms with van der Waals surface area (Å²) < 4.78 is 4.95. The molecule has 0 bridgehead atoms. The third-order valence-electron chi connectivity index (χ3n) is 13.4.